The molecule has 1 aliphatic rings. The first-order valence-corrected chi connectivity index (χ1v) is 12.3. The first kappa shape index (κ1) is 22.6. The molecule has 4 rings (SSSR count). The first-order valence-electron chi connectivity index (χ1n) is 11.4. The van der Waals surface area contributed by atoms with Crippen LogP contribution in [0.2, 0.25) is 0 Å². The number of amides is 1. The van der Waals surface area contributed by atoms with Gasteiger partial charge in [-0.25, -0.2) is 4.98 Å². The Morgan fingerprint density at radius 2 is 1.88 bits per heavy atom. The summed E-state index contributed by atoms with van der Waals surface area (Å²) in [5.41, 5.74) is 5.38. The molecule has 0 aliphatic carbocycles. The molecule has 1 amide bonds. The predicted octanol–water partition coefficient (Wildman–Crippen LogP) is 5.77. The summed E-state index contributed by atoms with van der Waals surface area (Å²) in [4.78, 5) is 19.8. The smallest absolute Gasteiger partial charge is 0.256 e. The normalized spacial score (nSPS) is 14.7. The number of carbonyl (C=O) groups is 1. The molecule has 32 heavy (non-hydrogen) atoms. The van der Waals surface area contributed by atoms with Gasteiger partial charge >= 0.3 is 0 Å². The van der Waals surface area contributed by atoms with E-state index < -0.39 is 0 Å². The van der Waals surface area contributed by atoms with E-state index in [0.717, 1.165) is 54.4 Å². The van der Waals surface area contributed by atoms with E-state index in [4.69, 9.17) is 4.52 Å². The summed E-state index contributed by atoms with van der Waals surface area (Å²) in [6, 6.07) is 12.6. The number of carbonyl (C=O) groups excluding carboxylic acids is 1. The molecule has 6 heteroatoms. The van der Waals surface area contributed by atoms with E-state index in [1.165, 1.54) is 17.5 Å². The predicted molar refractivity (Wildman–Crippen MR) is 128 cm³/mol. The summed E-state index contributed by atoms with van der Waals surface area (Å²) >= 11 is 1.57. The third-order valence-corrected chi connectivity index (χ3v) is 7.43. The van der Waals surface area contributed by atoms with Crippen molar-refractivity contribution in [2.75, 3.05) is 13.1 Å². The van der Waals surface area contributed by atoms with Gasteiger partial charge in [-0.1, -0.05) is 35.0 Å². The Morgan fingerprint density at radius 1 is 1.12 bits per heavy atom. The summed E-state index contributed by atoms with van der Waals surface area (Å²) < 4.78 is 5.26. The number of rotatable bonds is 7. The average Bonchev–Trinajstić information content (AvgIpc) is 3.14. The van der Waals surface area contributed by atoms with Crippen molar-refractivity contribution in [2.24, 2.45) is 5.92 Å². The second kappa shape index (κ2) is 10.3. The minimum Gasteiger partial charge on any atom is -0.361 e. The summed E-state index contributed by atoms with van der Waals surface area (Å²) in [5, 5.41) is 4.80. The van der Waals surface area contributed by atoms with Gasteiger partial charge in [0.2, 0.25) is 0 Å². The molecule has 0 saturated carbocycles. The number of piperidine rings is 1. The Morgan fingerprint density at radius 3 is 2.56 bits per heavy atom. The minimum atomic E-state index is 0.0938. The fraction of sp³-hybridized carbons (Fsp3) is 0.423. The van der Waals surface area contributed by atoms with E-state index >= 15 is 0 Å². The highest BCUT2D eigenvalue weighted by Gasteiger charge is 2.25. The molecule has 0 atom stereocenters. The first-order chi connectivity index (χ1) is 15.5. The third kappa shape index (κ3) is 5.41. The zero-order chi connectivity index (χ0) is 22.5. The largest absolute Gasteiger partial charge is 0.361 e. The number of benzene rings is 1. The highest BCUT2D eigenvalue weighted by atomic mass is 32.2. The SMILES string of the molecule is Cc1ccc(CCC2CCN(C(=O)c3cccnc3SCc3c(C)noc3C)CC2)cc1. The Hall–Kier alpha value is -2.60. The van der Waals surface area contributed by atoms with Gasteiger partial charge < -0.3 is 9.42 Å². The van der Waals surface area contributed by atoms with E-state index in [1.54, 1.807) is 18.0 Å². The maximum atomic E-state index is 13.3. The van der Waals surface area contributed by atoms with Crippen molar-refractivity contribution in [2.45, 2.75) is 57.2 Å². The number of pyridine rings is 1. The maximum absolute atomic E-state index is 13.3. The van der Waals surface area contributed by atoms with Gasteiger partial charge in [0.25, 0.3) is 5.91 Å². The van der Waals surface area contributed by atoms with Gasteiger partial charge in [0.1, 0.15) is 10.8 Å². The lowest BCUT2D eigenvalue weighted by molar-refractivity contribution is 0.0682. The Balaban J connectivity index is 1.32. The molecule has 3 aromatic rings. The van der Waals surface area contributed by atoms with Crippen molar-refractivity contribution in [1.82, 2.24) is 15.0 Å². The Labute approximate surface area is 194 Å². The van der Waals surface area contributed by atoms with Crippen molar-refractivity contribution in [3.8, 4) is 0 Å². The van der Waals surface area contributed by atoms with Crippen LogP contribution in [0.25, 0.3) is 0 Å². The van der Waals surface area contributed by atoms with Gasteiger partial charge in [-0.3, -0.25) is 4.79 Å². The van der Waals surface area contributed by atoms with E-state index in [9.17, 15) is 4.79 Å². The standard InChI is InChI=1S/C26H31N3O2S/c1-18-6-8-21(9-7-18)10-11-22-12-15-29(16-13-22)26(30)23-5-4-14-27-25(23)32-17-24-19(2)28-31-20(24)3/h4-9,14,22H,10-13,15-17H2,1-3H3. The number of thioether (sulfide) groups is 1. The number of hydrogen-bond acceptors (Lipinski definition) is 5. The van der Waals surface area contributed by atoms with Crippen LogP contribution in [-0.2, 0) is 12.2 Å². The fourth-order valence-corrected chi connectivity index (χ4v) is 5.38. The second-order valence-corrected chi connectivity index (χ2v) is 9.67. The molecule has 0 N–H and O–H groups in total. The van der Waals surface area contributed by atoms with Crippen LogP contribution in [0, 0.1) is 26.7 Å². The van der Waals surface area contributed by atoms with Crippen LogP contribution in [0.15, 0.2) is 52.1 Å². The molecule has 168 valence electrons. The molecule has 3 heterocycles. The molecular weight excluding hydrogens is 418 g/mol. The summed E-state index contributed by atoms with van der Waals surface area (Å²) in [6.07, 6.45) is 6.20. The van der Waals surface area contributed by atoms with Gasteiger partial charge in [0.05, 0.1) is 11.3 Å². The van der Waals surface area contributed by atoms with Crippen molar-refractivity contribution in [3.05, 3.63) is 76.3 Å². The van der Waals surface area contributed by atoms with Crippen molar-refractivity contribution in [1.29, 1.82) is 0 Å². The highest BCUT2D eigenvalue weighted by Crippen LogP contribution is 2.29. The summed E-state index contributed by atoms with van der Waals surface area (Å²) in [7, 11) is 0. The van der Waals surface area contributed by atoms with Gasteiger partial charge in [-0.05, 0) is 70.1 Å². The number of hydrogen-bond donors (Lipinski definition) is 0. The maximum Gasteiger partial charge on any atom is 0.256 e. The number of aryl methyl sites for hydroxylation is 4. The lowest BCUT2D eigenvalue weighted by Crippen LogP contribution is -2.38. The van der Waals surface area contributed by atoms with E-state index in [0.29, 0.717) is 17.2 Å². The Bertz CT molecular complexity index is 1030. The quantitative estimate of drug-likeness (QED) is 0.428. The van der Waals surface area contributed by atoms with Crippen LogP contribution in [0.4, 0.5) is 0 Å². The highest BCUT2D eigenvalue weighted by molar-refractivity contribution is 7.98. The van der Waals surface area contributed by atoms with Gasteiger partial charge in [0.15, 0.2) is 0 Å². The molecule has 1 fully saturated rings. The van der Waals surface area contributed by atoms with Crippen LogP contribution in [0.3, 0.4) is 0 Å². The monoisotopic (exact) mass is 449 g/mol. The van der Waals surface area contributed by atoms with Gasteiger partial charge in [-0.15, -0.1) is 11.8 Å². The molecular formula is C26H31N3O2S. The fourth-order valence-electron chi connectivity index (χ4n) is 4.24. The van der Waals surface area contributed by atoms with Crippen molar-refractivity contribution >= 4 is 17.7 Å². The van der Waals surface area contributed by atoms with Crippen LogP contribution >= 0.6 is 11.8 Å². The van der Waals surface area contributed by atoms with Crippen LogP contribution < -0.4 is 0 Å². The molecule has 2 aromatic heterocycles. The zero-order valence-corrected chi connectivity index (χ0v) is 20.0. The van der Waals surface area contributed by atoms with Crippen LogP contribution in [-0.4, -0.2) is 34.0 Å². The molecule has 0 unspecified atom stereocenters. The summed E-state index contributed by atoms with van der Waals surface area (Å²) in [5.74, 6) is 2.30. The zero-order valence-electron chi connectivity index (χ0n) is 19.1. The van der Waals surface area contributed by atoms with Crippen LogP contribution in [0.5, 0.6) is 0 Å². The van der Waals surface area contributed by atoms with Crippen LogP contribution in [0.1, 0.15) is 57.8 Å². The Kier molecular flexibility index (Phi) is 7.30. The molecule has 0 spiro atoms. The molecule has 1 aromatic carbocycles. The lowest BCUT2D eigenvalue weighted by atomic mass is 9.90. The van der Waals surface area contributed by atoms with Gasteiger partial charge in [0, 0.05) is 30.6 Å². The molecule has 0 bridgehead atoms. The van der Waals surface area contributed by atoms with E-state index in [-0.39, 0.29) is 5.91 Å². The number of aromatic nitrogens is 2. The third-order valence-electron chi connectivity index (χ3n) is 6.40. The van der Waals surface area contributed by atoms with E-state index in [1.807, 2.05) is 30.9 Å². The average molecular weight is 450 g/mol. The van der Waals surface area contributed by atoms with Gasteiger partial charge in [-0.2, -0.15) is 0 Å². The van der Waals surface area contributed by atoms with Crippen molar-refractivity contribution < 1.29 is 9.32 Å². The molecule has 0 radical (unpaired) electrons. The number of nitrogens with zero attached hydrogens (tertiary/aromatic N) is 3. The lowest BCUT2D eigenvalue weighted by Gasteiger charge is -2.32. The van der Waals surface area contributed by atoms with E-state index in [2.05, 4.69) is 41.3 Å². The molecule has 1 saturated heterocycles. The topological polar surface area (TPSA) is 59.2 Å². The summed E-state index contributed by atoms with van der Waals surface area (Å²) in [6.45, 7) is 7.63. The second-order valence-electron chi connectivity index (χ2n) is 8.71. The number of likely N-dealkylation sites (tertiary alicyclic amines) is 1. The molecule has 5 nitrogen and oxygen atoms in total. The minimum absolute atomic E-state index is 0.0938. The van der Waals surface area contributed by atoms with Crippen molar-refractivity contribution in [3.63, 3.8) is 0 Å². The molecule has 1 aliphatic heterocycles.